The molecule has 0 amide bonds. The van der Waals surface area contributed by atoms with Crippen LogP contribution in [0.15, 0.2) is 42.0 Å². The monoisotopic (exact) mass is 330 g/mol. The molecule has 0 unspecified atom stereocenters. The lowest BCUT2D eigenvalue weighted by Gasteiger charge is -2.06. The average Bonchev–Trinajstić information content (AvgIpc) is 3.23. The Morgan fingerprint density at radius 2 is 2.26 bits per heavy atom. The molecule has 0 bridgehead atoms. The average molecular weight is 330 g/mol. The molecular weight excluding hydrogens is 312 g/mol. The molecule has 2 aromatic heterocycles. The molecule has 0 saturated heterocycles. The third-order valence-electron chi connectivity index (χ3n) is 3.38. The van der Waals surface area contributed by atoms with Crippen LogP contribution in [0.1, 0.15) is 4.88 Å². The van der Waals surface area contributed by atoms with E-state index in [4.69, 9.17) is 4.74 Å². The van der Waals surface area contributed by atoms with Crippen LogP contribution in [-0.2, 0) is 13.1 Å². The van der Waals surface area contributed by atoms with Crippen LogP contribution in [0.3, 0.4) is 0 Å². The number of hydrogen-bond acceptors (Lipinski definition) is 6. The normalized spacial score (nSPS) is 10.7. The maximum absolute atomic E-state index is 9.24. The third kappa shape index (κ3) is 3.69. The summed E-state index contributed by atoms with van der Waals surface area (Å²) in [6.07, 6.45) is 1.84. The lowest BCUT2D eigenvalue weighted by Crippen LogP contribution is -2.09. The maximum atomic E-state index is 9.24. The van der Waals surface area contributed by atoms with Crippen molar-refractivity contribution in [1.29, 1.82) is 0 Å². The molecule has 23 heavy (non-hydrogen) atoms. The third-order valence-corrected chi connectivity index (χ3v) is 4.16. The van der Waals surface area contributed by atoms with Crippen LogP contribution in [0.5, 0.6) is 5.75 Å². The van der Waals surface area contributed by atoms with E-state index in [2.05, 4.69) is 15.4 Å². The van der Waals surface area contributed by atoms with Gasteiger partial charge < -0.3 is 15.2 Å². The van der Waals surface area contributed by atoms with Gasteiger partial charge in [-0.3, -0.25) is 4.98 Å². The first-order chi connectivity index (χ1) is 11.3. The summed E-state index contributed by atoms with van der Waals surface area (Å²) in [4.78, 5) is 5.21. The van der Waals surface area contributed by atoms with Crippen LogP contribution >= 0.6 is 11.3 Å². The largest absolute Gasteiger partial charge is 0.497 e. The second-order valence-corrected chi connectivity index (χ2v) is 5.89. The summed E-state index contributed by atoms with van der Waals surface area (Å²) < 4.78 is 7.04. The van der Waals surface area contributed by atoms with Crippen LogP contribution in [0.25, 0.3) is 11.3 Å². The Labute approximate surface area is 138 Å². The molecule has 0 saturated carbocycles. The fourth-order valence-corrected chi connectivity index (χ4v) is 2.79. The zero-order valence-corrected chi connectivity index (χ0v) is 13.6. The van der Waals surface area contributed by atoms with Crippen molar-refractivity contribution in [1.82, 2.24) is 14.8 Å². The van der Waals surface area contributed by atoms with Gasteiger partial charge in [0.25, 0.3) is 0 Å². The number of thiazole rings is 1. The molecule has 0 aliphatic heterocycles. The Kier molecular flexibility index (Phi) is 4.89. The lowest BCUT2D eigenvalue weighted by atomic mass is 10.1. The van der Waals surface area contributed by atoms with Gasteiger partial charge in [-0.2, -0.15) is 5.10 Å². The molecule has 0 fully saturated rings. The van der Waals surface area contributed by atoms with Crippen LogP contribution in [-0.4, -0.2) is 33.6 Å². The Morgan fingerprint density at radius 3 is 3.00 bits per heavy atom. The number of benzene rings is 1. The maximum Gasteiger partial charge on any atom is 0.125 e. The first-order valence-corrected chi connectivity index (χ1v) is 8.12. The highest BCUT2D eigenvalue weighted by molar-refractivity contribution is 7.09. The highest BCUT2D eigenvalue weighted by Gasteiger charge is 2.10. The first kappa shape index (κ1) is 15.5. The number of aliphatic hydroxyl groups excluding tert-OH is 1. The van der Waals surface area contributed by atoms with Gasteiger partial charge in [0.15, 0.2) is 0 Å². The van der Waals surface area contributed by atoms with Crippen molar-refractivity contribution in [2.75, 3.05) is 19.0 Å². The van der Waals surface area contributed by atoms with Crippen LogP contribution < -0.4 is 10.1 Å². The van der Waals surface area contributed by atoms with Crippen molar-refractivity contribution in [2.24, 2.45) is 0 Å². The molecule has 0 aliphatic rings. The molecule has 0 atom stereocenters. The molecule has 0 aliphatic carbocycles. The summed E-state index contributed by atoms with van der Waals surface area (Å²) >= 11 is 1.60. The van der Waals surface area contributed by atoms with E-state index in [-0.39, 0.29) is 6.61 Å². The van der Waals surface area contributed by atoms with Crippen LogP contribution in [0.4, 0.5) is 5.82 Å². The molecule has 0 spiro atoms. The minimum Gasteiger partial charge on any atom is -0.497 e. The van der Waals surface area contributed by atoms with Gasteiger partial charge >= 0.3 is 0 Å². The number of nitrogens with zero attached hydrogens (tertiary/aromatic N) is 3. The fourth-order valence-electron chi connectivity index (χ4n) is 2.25. The molecule has 1 aromatic carbocycles. The molecular formula is C16H18N4O2S. The Hall–Kier alpha value is -2.38. The summed E-state index contributed by atoms with van der Waals surface area (Å²) in [6.45, 7) is 1.16. The van der Waals surface area contributed by atoms with Gasteiger partial charge in [0.1, 0.15) is 11.6 Å². The number of methoxy groups -OCH3 is 1. The zero-order chi connectivity index (χ0) is 16.1. The van der Waals surface area contributed by atoms with Gasteiger partial charge in [-0.1, -0.05) is 12.1 Å². The van der Waals surface area contributed by atoms with E-state index in [9.17, 15) is 5.11 Å². The van der Waals surface area contributed by atoms with E-state index in [1.165, 1.54) is 0 Å². The zero-order valence-electron chi connectivity index (χ0n) is 12.8. The Bertz CT molecular complexity index is 755. The van der Waals surface area contributed by atoms with Crippen molar-refractivity contribution in [3.63, 3.8) is 0 Å². The Morgan fingerprint density at radius 1 is 1.35 bits per heavy atom. The van der Waals surface area contributed by atoms with E-state index in [0.29, 0.717) is 13.1 Å². The number of aliphatic hydroxyl groups is 1. The molecule has 0 radical (unpaired) electrons. The predicted octanol–water partition coefficient (Wildman–Crippen LogP) is 2.62. The predicted molar refractivity (Wildman–Crippen MR) is 90.7 cm³/mol. The van der Waals surface area contributed by atoms with E-state index in [1.54, 1.807) is 23.1 Å². The van der Waals surface area contributed by atoms with E-state index in [0.717, 1.165) is 27.7 Å². The first-order valence-electron chi connectivity index (χ1n) is 7.24. The molecule has 6 nitrogen and oxygen atoms in total. The van der Waals surface area contributed by atoms with Gasteiger partial charge in [0.2, 0.25) is 0 Å². The van der Waals surface area contributed by atoms with Gasteiger partial charge in [0, 0.05) is 22.7 Å². The number of anilines is 1. The Balaban J connectivity index is 1.85. The minimum atomic E-state index is 0.0362. The van der Waals surface area contributed by atoms with Gasteiger partial charge in [-0.05, 0) is 12.1 Å². The SMILES string of the molecule is COc1cccc(-c2cc(NCc3cncs3)n(CCO)n2)c1. The van der Waals surface area contributed by atoms with Gasteiger partial charge in [-0.15, -0.1) is 11.3 Å². The summed E-state index contributed by atoms with van der Waals surface area (Å²) in [7, 11) is 1.64. The van der Waals surface area contributed by atoms with Crippen molar-refractivity contribution >= 4 is 17.2 Å². The van der Waals surface area contributed by atoms with Crippen LogP contribution in [0.2, 0.25) is 0 Å². The molecule has 7 heteroatoms. The van der Waals surface area contributed by atoms with E-state index >= 15 is 0 Å². The number of nitrogens with one attached hydrogen (secondary N) is 1. The summed E-state index contributed by atoms with van der Waals surface area (Å²) in [5.74, 6) is 1.66. The summed E-state index contributed by atoms with van der Waals surface area (Å²) in [5, 5.41) is 17.2. The number of ether oxygens (including phenoxy) is 1. The fraction of sp³-hybridized carbons (Fsp3) is 0.250. The molecule has 2 N–H and O–H groups in total. The molecule has 3 aromatic rings. The van der Waals surface area contributed by atoms with E-state index in [1.807, 2.05) is 42.0 Å². The van der Waals surface area contributed by atoms with Crippen molar-refractivity contribution in [2.45, 2.75) is 13.1 Å². The molecule has 2 heterocycles. The summed E-state index contributed by atoms with van der Waals surface area (Å²) in [6, 6.07) is 9.74. The van der Waals surface area contributed by atoms with Gasteiger partial charge in [-0.25, -0.2) is 4.68 Å². The summed E-state index contributed by atoms with van der Waals surface area (Å²) in [5.41, 5.74) is 3.62. The van der Waals surface area contributed by atoms with Crippen molar-refractivity contribution in [3.05, 3.63) is 46.9 Å². The lowest BCUT2D eigenvalue weighted by molar-refractivity contribution is 0.270. The number of rotatable bonds is 7. The van der Waals surface area contributed by atoms with E-state index < -0.39 is 0 Å². The number of hydrogen-bond donors (Lipinski definition) is 2. The standard InChI is InChI=1S/C16H18N4O2S/c1-22-13-4-2-3-12(7-13)15-8-16(20(19-15)5-6-21)18-10-14-9-17-11-23-14/h2-4,7-9,11,18,21H,5-6,10H2,1H3. The quantitative estimate of drug-likeness (QED) is 0.697. The molecule has 120 valence electrons. The molecule has 3 rings (SSSR count). The van der Waals surface area contributed by atoms with Crippen molar-refractivity contribution < 1.29 is 9.84 Å². The second-order valence-electron chi connectivity index (χ2n) is 4.91. The smallest absolute Gasteiger partial charge is 0.125 e. The highest BCUT2D eigenvalue weighted by atomic mass is 32.1. The highest BCUT2D eigenvalue weighted by Crippen LogP contribution is 2.25. The van der Waals surface area contributed by atoms with Crippen molar-refractivity contribution in [3.8, 4) is 17.0 Å². The second kappa shape index (κ2) is 7.26. The van der Waals surface area contributed by atoms with Crippen LogP contribution in [0, 0.1) is 0 Å². The van der Waals surface area contributed by atoms with Gasteiger partial charge in [0.05, 0.1) is 38.0 Å². The minimum absolute atomic E-state index is 0.0362. The number of aromatic nitrogens is 3. The topological polar surface area (TPSA) is 72.2 Å².